The molecule has 0 fully saturated rings. The van der Waals surface area contributed by atoms with Crippen LogP contribution in [-0.4, -0.2) is 9.85 Å². The minimum atomic E-state index is -0.861. The Morgan fingerprint density at radius 1 is 1.27 bits per heavy atom. The first-order valence-electron chi connectivity index (χ1n) is 3.55. The Balaban J connectivity index is 3.28. The molecule has 0 spiro atoms. The summed E-state index contributed by atoms with van der Waals surface area (Å²) < 4.78 is 4.27. The number of nitro benzene ring substituents is 2. The minimum Gasteiger partial charge on any atom is -0.381 e. The predicted octanol–water partition coefficient (Wildman–Crippen LogP) is 1.36. The van der Waals surface area contributed by atoms with Crippen molar-refractivity contribution < 1.29 is 14.6 Å². The summed E-state index contributed by atoms with van der Waals surface area (Å²) >= 11 is 0. The SMILES string of the molecule is N#COc1ccc([N+](=O)[O-])cc1[N+](=O)[O-]. The molecular weight excluding hydrogens is 206 g/mol. The molecule has 0 saturated carbocycles. The molecule has 0 aliphatic carbocycles. The van der Waals surface area contributed by atoms with Crippen LogP contribution in [0.25, 0.3) is 0 Å². The molecular formula is C7H3N3O5. The van der Waals surface area contributed by atoms with Crippen LogP contribution in [0, 0.1) is 31.7 Å². The second-order valence-electron chi connectivity index (χ2n) is 2.36. The van der Waals surface area contributed by atoms with Crippen LogP contribution in [0.1, 0.15) is 0 Å². The van der Waals surface area contributed by atoms with E-state index >= 15 is 0 Å². The Morgan fingerprint density at radius 3 is 2.40 bits per heavy atom. The van der Waals surface area contributed by atoms with Crippen molar-refractivity contribution in [2.24, 2.45) is 0 Å². The molecule has 76 valence electrons. The third-order valence-corrected chi connectivity index (χ3v) is 1.51. The maximum absolute atomic E-state index is 10.5. The summed E-state index contributed by atoms with van der Waals surface area (Å²) in [5, 5.41) is 29.0. The molecule has 1 aromatic rings. The summed E-state index contributed by atoms with van der Waals surface area (Å²) in [6.07, 6.45) is 1.25. The van der Waals surface area contributed by atoms with Gasteiger partial charge in [0.25, 0.3) is 11.9 Å². The third kappa shape index (κ3) is 2.16. The molecule has 0 radical (unpaired) electrons. The molecule has 0 unspecified atom stereocenters. The topological polar surface area (TPSA) is 119 Å². The first kappa shape index (κ1) is 10.4. The van der Waals surface area contributed by atoms with E-state index < -0.39 is 21.2 Å². The van der Waals surface area contributed by atoms with Crippen molar-refractivity contribution in [1.82, 2.24) is 0 Å². The highest BCUT2D eigenvalue weighted by Gasteiger charge is 2.20. The summed E-state index contributed by atoms with van der Waals surface area (Å²) in [4.78, 5) is 19.2. The van der Waals surface area contributed by atoms with Gasteiger partial charge in [0, 0.05) is 6.07 Å². The Morgan fingerprint density at radius 2 is 1.93 bits per heavy atom. The van der Waals surface area contributed by atoms with Gasteiger partial charge in [0.1, 0.15) is 0 Å². The lowest BCUT2D eigenvalue weighted by Crippen LogP contribution is -1.95. The van der Waals surface area contributed by atoms with Crippen LogP contribution in [-0.2, 0) is 0 Å². The molecule has 0 aliphatic rings. The number of nitriles is 1. The van der Waals surface area contributed by atoms with E-state index in [0.29, 0.717) is 0 Å². The minimum absolute atomic E-state index is 0.326. The van der Waals surface area contributed by atoms with Gasteiger partial charge >= 0.3 is 5.69 Å². The number of hydrogen-bond donors (Lipinski definition) is 0. The number of rotatable bonds is 3. The highest BCUT2D eigenvalue weighted by molar-refractivity contribution is 5.53. The number of ether oxygens (including phenoxy) is 1. The second-order valence-corrected chi connectivity index (χ2v) is 2.36. The first-order chi connectivity index (χ1) is 7.06. The monoisotopic (exact) mass is 209 g/mol. The van der Waals surface area contributed by atoms with Gasteiger partial charge in [0.15, 0.2) is 0 Å². The summed E-state index contributed by atoms with van der Waals surface area (Å²) in [6.45, 7) is 0. The van der Waals surface area contributed by atoms with Crippen molar-refractivity contribution in [2.45, 2.75) is 0 Å². The summed E-state index contributed by atoms with van der Waals surface area (Å²) in [5.74, 6) is -0.326. The van der Waals surface area contributed by atoms with E-state index in [2.05, 4.69) is 4.74 Å². The highest BCUT2D eigenvalue weighted by atomic mass is 16.6. The molecule has 1 aromatic carbocycles. The zero-order chi connectivity index (χ0) is 11.4. The number of benzene rings is 1. The van der Waals surface area contributed by atoms with Gasteiger partial charge in [-0.3, -0.25) is 20.2 Å². The number of hydrogen-bond acceptors (Lipinski definition) is 6. The molecule has 0 heterocycles. The van der Waals surface area contributed by atoms with E-state index in [1.807, 2.05) is 0 Å². The van der Waals surface area contributed by atoms with E-state index in [9.17, 15) is 20.2 Å². The molecule has 0 amide bonds. The van der Waals surface area contributed by atoms with Gasteiger partial charge in [-0.2, -0.15) is 0 Å². The molecule has 0 atom stereocenters. The summed E-state index contributed by atoms with van der Waals surface area (Å²) in [7, 11) is 0. The maximum atomic E-state index is 10.5. The zero-order valence-electron chi connectivity index (χ0n) is 7.11. The lowest BCUT2D eigenvalue weighted by atomic mass is 10.2. The molecule has 0 bridgehead atoms. The molecule has 8 nitrogen and oxygen atoms in total. The van der Waals surface area contributed by atoms with E-state index in [4.69, 9.17) is 5.26 Å². The van der Waals surface area contributed by atoms with Crippen LogP contribution in [0.3, 0.4) is 0 Å². The van der Waals surface area contributed by atoms with Crippen LogP contribution in [0.5, 0.6) is 5.75 Å². The maximum Gasteiger partial charge on any atom is 0.319 e. The Labute approximate surface area is 82.6 Å². The zero-order valence-corrected chi connectivity index (χ0v) is 7.11. The smallest absolute Gasteiger partial charge is 0.319 e. The van der Waals surface area contributed by atoms with Crippen LogP contribution >= 0.6 is 0 Å². The van der Waals surface area contributed by atoms with Gasteiger partial charge < -0.3 is 4.74 Å². The normalized spacial score (nSPS) is 9.00. The van der Waals surface area contributed by atoms with Gasteiger partial charge in [-0.25, -0.2) is 0 Å². The molecule has 0 aliphatic heterocycles. The predicted molar refractivity (Wildman–Crippen MR) is 46.0 cm³/mol. The fourth-order valence-electron chi connectivity index (χ4n) is 0.897. The highest BCUT2D eigenvalue weighted by Crippen LogP contribution is 2.30. The fraction of sp³-hybridized carbons (Fsp3) is 0. The van der Waals surface area contributed by atoms with Crippen molar-refractivity contribution in [3.05, 3.63) is 38.4 Å². The van der Waals surface area contributed by atoms with E-state index in [0.717, 1.165) is 18.2 Å². The van der Waals surface area contributed by atoms with Crippen molar-refractivity contribution >= 4 is 11.4 Å². The van der Waals surface area contributed by atoms with E-state index in [1.165, 1.54) is 6.26 Å². The van der Waals surface area contributed by atoms with Crippen LogP contribution in [0.4, 0.5) is 11.4 Å². The lowest BCUT2D eigenvalue weighted by Gasteiger charge is -1.97. The average Bonchev–Trinajstić information content (AvgIpc) is 2.18. The molecule has 0 saturated heterocycles. The second kappa shape index (κ2) is 4.01. The van der Waals surface area contributed by atoms with Crippen LogP contribution < -0.4 is 4.74 Å². The standard InChI is InChI=1S/C7H3N3O5/c8-4-15-7-2-1-5(9(11)12)3-6(7)10(13)14/h1-3H. The Bertz CT molecular complexity index is 464. The molecule has 15 heavy (non-hydrogen) atoms. The molecule has 1 rings (SSSR count). The number of non-ortho nitro benzene ring substituents is 1. The molecule has 8 heteroatoms. The first-order valence-corrected chi connectivity index (χ1v) is 3.55. The van der Waals surface area contributed by atoms with Gasteiger partial charge in [-0.05, 0) is 6.07 Å². The van der Waals surface area contributed by atoms with Crippen molar-refractivity contribution in [1.29, 1.82) is 5.26 Å². The number of nitro groups is 2. The molecule has 0 N–H and O–H groups in total. The Hall–Kier alpha value is -2.69. The number of nitrogens with zero attached hydrogens (tertiary/aromatic N) is 3. The average molecular weight is 209 g/mol. The quantitative estimate of drug-likeness (QED) is 0.421. The van der Waals surface area contributed by atoms with Crippen molar-refractivity contribution in [3.63, 3.8) is 0 Å². The van der Waals surface area contributed by atoms with Gasteiger partial charge in [0.2, 0.25) is 5.75 Å². The van der Waals surface area contributed by atoms with E-state index in [1.54, 1.807) is 0 Å². The van der Waals surface area contributed by atoms with Crippen LogP contribution in [0.2, 0.25) is 0 Å². The lowest BCUT2D eigenvalue weighted by molar-refractivity contribution is -0.394. The van der Waals surface area contributed by atoms with Gasteiger partial charge in [0.05, 0.1) is 15.9 Å². The largest absolute Gasteiger partial charge is 0.381 e. The molecule has 0 aromatic heterocycles. The van der Waals surface area contributed by atoms with Gasteiger partial charge in [-0.1, -0.05) is 0 Å². The Kier molecular flexibility index (Phi) is 2.78. The van der Waals surface area contributed by atoms with Crippen molar-refractivity contribution in [2.75, 3.05) is 0 Å². The van der Waals surface area contributed by atoms with E-state index in [-0.39, 0.29) is 5.75 Å². The van der Waals surface area contributed by atoms with Crippen LogP contribution in [0.15, 0.2) is 18.2 Å². The fourth-order valence-corrected chi connectivity index (χ4v) is 0.897. The summed E-state index contributed by atoms with van der Waals surface area (Å²) in [6, 6.07) is 2.74. The third-order valence-electron chi connectivity index (χ3n) is 1.51. The van der Waals surface area contributed by atoms with Crippen molar-refractivity contribution in [3.8, 4) is 12.0 Å². The van der Waals surface area contributed by atoms with Gasteiger partial charge in [-0.15, -0.1) is 5.26 Å². The summed E-state index contributed by atoms with van der Waals surface area (Å²) in [5.41, 5.74) is -1.06.